The fourth-order valence-electron chi connectivity index (χ4n) is 4.10. The second kappa shape index (κ2) is 8.74. The van der Waals surface area contributed by atoms with Crippen LogP contribution in [0.1, 0.15) is 17.7 Å². The molecule has 1 aromatic carbocycles. The van der Waals surface area contributed by atoms with Crippen molar-refractivity contribution >= 4 is 38.6 Å². The van der Waals surface area contributed by atoms with Crippen LogP contribution in [0.2, 0.25) is 0 Å². The molecule has 1 saturated heterocycles. The number of pyridine rings is 1. The van der Waals surface area contributed by atoms with Crippen LogP contribution in [-0.2, 0) is 14.8 Å². The number of imidazole rings is 1. The number of nitrogens with one attached hydrogen (secondary N) is 1. The summed E-state index contributed by atoms with van der Waals surface area (Å²) in [6.45, 7) is 2.53. The van der Waals surface area contributed by atoms with E-state index in [1.54, 1.807) is 6.07 Å². The first-order valence-electron chi connectivity index (χ1n) is 10.8. The minimum Gasteiger partial charge on any atom is -0.326 e. The van der Waals surface area contributed by atoms with Crippen LogP contribution in [0.25, 0.3) is 16.9 Å². The lowest BCUT2D eigenvalue weighted by Gasteiger charge is -2.30. The van der Waals surface area contributed by atoms with E-state index in [9.17, 15) is 13.2 Å². The molecular formula is C24H24N4O3S2. The molecule has 0 spiro atoms. The van der Waals surface area contributed by atoms with Crippen molar-refractivity contribution in [2.75, 3.05) is 18.4 Å². The fourth-order valence-corrected chi connectivity index (χ4v) is 7.06. The average molecular weight is 481 g/mol. The molecule has 3 aromatic heterocycles. The summed E-state index contributed by atoms with van der Waals surface area (Å²) in [5, 5.41) is 2.95. The van der Waals surface area contributed by atoms with Crippen molar-refractivity contribution in [2.45, 2.75) is 24.0 Å². The number of hydrogen-bond acceptors (Lipinski definition) is 5. The topological polar surface area (TPSA) is 83.8 Å². The van der Waals surface area contributed by atoms with Crippen molar-refractivity contribution in [3.63, 3.8) is 0 Å². The molecule has 4 aromatic rings. The number of aromatic nitrogens is 2. The van der Waals surface area contributed by atoms with Gasteiger partial charge in [0, 0.05) is 41.6 Å². The lowest BCUT2D eigenvalue weighted by molar-refractivity contribution is -0.120. The lowest BCUT2D eigenvalue weighted by Crippen LogP contribution is -2.43. The van der Waals surface area contributed by atoms with E-state index in [0.29, 0.717) is 29.3 Å². The SMILES string of the molecule is Cc1ccc(S(=O)(=O)N2CCCC(C(=O)Nc3ccc(-c4cn5ccccc5n4)cc3)C2)s1. The molecule has 1 amide bonds. The first-order valence-corrected chi connectivity index (χ1v) is 13.1. The third-order valence-corrected chi connectivity index (χ3v) is 9.21. The molecule has 7 nitrogen and oxygen atoms in total. The van der Waals surface area contributed by atoms with Crippen LogP contribution in [0.4, 0.5) is 5.69 Å². The van der Waals surface area contributed by atoms with Crippen LogP contribution in [0.3, 0.4) is 0 Å². The molecule has 1 unspecified atom stereocenters. The summed E-state index contributed by atoms with van der Waals surface area (Å²) in [4.78, 5) is 18.5. The van der Waals surface area contributed by atoms with Gasteiger partial charge in [0.15, 0.2) is 0 Å². The molecule has 4 heterocycles. The average Bonchev–Trinajstić information content (AvgIpc) is 3.46. The van der Waals surface area contributed by atoms with Crippen molar-refractivity contribution < 1.29 is 13.2 Å². The smallest absolute Gasteiger partial charge is 0.252 e. The van der Waals surface area contributed by atoms with Crippen LogP contribution >= 0.6 is 11.3 Å². The zero-order valence-electron chi connectivity index (χ0n) is 18.1. The molecule has 0 radical (unpaired) electrons. The van der Waals surface area contributed by atoms with Crippen molar-refractivity contribution in [3.8, 4) is 11.3 Å². The Balaban J connectivity index is 1.26. The third-order valence-electron chi connectivity index (χ3n) is 5.88. The van der Waals surface area contributed by atoms with Crippen LogP contribution in [-0.4, -0.2) is 41.1 Å². The van der Waals surface area contributed by atoms with Crippen LogP contribution < -0.4 is 5.32 Å². The molecule has 1 aliphatic heterocycles. The number of carbonyl (C=O) groups excluding carboxylic acids is 1. The molecule has 1 N–H and O–H groups in total. The van der Waals surface area contributed by atoms with Crippen LogP contribution in [0.5, 0.6) is 0 Å². The highest BCUT2D eigenvalue weighted by atomic mass is 32.2. The van der Waals surface area contributed by atoms with Gasteiger partial charge in [0.05, 0.1) is 11.6 Å². The number of nitrogens with zero attached hydrogens (tertiary/aromatic N) is 3. The van der Waals surface area contributed by atoms with Crippen molar-refractivity contribution in [3.05, 3.63) is 71.9 Å². The molecule has 1 aliphatic rings. The summed E-state index contributed by atoms with van der Waals surface area (Å²) in [7, 11) is -3.57. The van der Waals surface area contributed by atoms with Crippen molar-refractivity contribution in [2.24, 2.45) is 5.92 Å². The number of aryl methyl sites for hydroxylation is 1. The number of carbonyl (C=O) groups is 1. The summed E-state index contributed by atoms with van der Waals surface area (Å²) in [5.74, 6) is -0.537. The monoisotopic (exact) mass is 480 g/mol. The zero-order chi connectivity index (χ0) is 23.0. The predicted molar refractivity (Wildman–Crippen MR) is 130 cm³/mol. The van der Waals surface area contributed by atoms with Gasteiger partial charge in [-0.3, -0.25) is 4.79 Å². The predicted octanol–water partition coefficient (Wildman–Crippen LogP) is 4.41. The number of amides is 1. The summed E-state index contributed by atoms with van der Waals surface area (Å²) >= 11 is 1.26. The quantitative estimate of drug-likeness (QED) is 0.459. The molecule has 9 heteroatoms. The van der Waals surface area contributed by atoms with Gasteiger partial charge in [-0.25, -0.2) is 13.4 Å². The summed E-state index contributed by atoms with van der Waals surface area (Å²) in [5.41, 5.74) is 3.37. The number of piperidine rings is 1. The number of fused-ring (bicyclic) bond motifs is 1. The van der Waals surface area contributed by atoms with E-state index in [1.165, 1.54) is 15.6 Å². The lowest BCUT2D eigenvalue weighted by atomic mass is 9.98. The van der Waals surface area contributed by atoms with Crippen LogP contribution in [0.15, 0.2) is 71.2 Å². The molecule has 0 bridgehead atoms. The number of anilines is 1. The van der Waals surface area contributed by atoms with Gasteiger partial charge in [-0.1, -0.05) is 18.2 Å². The molecule has 1 fully saturated rings. The highest BCUT2D eigenvalue weighted by molar-refractivity contribution is 7.91. The molecule has 1 atom stereocenters. The Bertz CT molecular complexity index is 1370. The maximum absolute atomic E-state index is 13.0. The molecular weight excluding hydrogens is 456 g/mol. The Hall–Kier alpha value is -3.01. The zero-order valence-corrected chi connectivity index (χ0v) is 19.8. The largest absolute Gasteiger partial charge is 0.326 e. The number of benzene rings is 1. The highest BCUT2D eigenvalue weighted by Crippen LogP contribution is 2.29. The van der Waals surface area contributed by atoms with E-state index < -0.39 is 10.0 Å². The second-order valence-electron chi connectivity index (χ2n) is 8.23. The number of hydrogen-bond donors (Lipinski definition) is 1. The van der Waals surface area contributed by atoms with Gasteiger partial charge >= 0.3 is 0 Å². The van der Waals surface area contributed by atoms with Gasteiger partial charge in [-0.15, -0.1) is 11.3 Å². The minimum atomic E-state index is -3.57. The van der Waals surface area contributed by atoms with Gasteiger partial charge in [-0.05, 0) is 56.2 Å². The number of thiophene rings is 1. The Morgan fingerprint density at radius 3 is 2.67 bits per heavy atom. The molecule has 33 heavy (non-hydrogen) atoms. The van der Waals surface area contributed by atoms with E-state index >= 15 is 0 Å². The summed E-state index contributed by atoms with van der Waals surface area (Å²) < 4.78 is 29.7. The van der Waals surface area contributed by atoms with E-state index in [0.717, 1.165) is 21.8 Å². The van der Waals surface area contributed by atoms with Crippen molar-refractivity contribution in [1.29, 1.82) is 0 Å². The summed E-state index contributed by atoms with van der Waals surface area (Å²) in [6.07, 6.45) is 5.25. The fraction of sp³-hybridized carbons (Fsp3) is 0.250. The Kier molecular flexibility index (Phi) is 5.77. The van der Waals surface area contributed by atoms with Crippen molar-refractivity contribution in [1.82, 2.24) is 13.7 Å². The summed E-state index contributed by atoms with van der Waals surface area (Å²) in [6, 6.07) is 16.9. The Morgan fingerprint density at radius 2 is 1.94 bits per heavy atom. The number of sulfonamides is 1. The van der Waals surface area contributed by atoms with Gasteiger partial charge in [0.2, 0.25) is 5.91 Å². The highest BCUT2D eigenvalue weighted by Gasteiger charge is 2.34. The molecule has 5 rings (SSSR count). The van der Waals surface area contributed by atoms with Gasteiger partial charge < -0.3 is 9.72 Å². The van der Waals surface area contributed by atoms with E-state index in [2.05, 4.69) is 10.3 Å². The van der Waals surface area contributed by atoms with E-state index in [4.69, 9.17) is 0 Å². The Labute approximate surface area is 196 Å². The molecule has 170 valence electrons. The third kappa shape index (κ3) is 4.44. The molecule has 0 saturated carbocycles. The van der Waals surface area contributed by atoms with Gasteiger partial charge in [0.1, 0.15) is 9.86 Å². The van der Waals surface area contributed by atoms with E-state index in [-0.39, 0.29) is 18.4 Å². The van der Waals surface area contributed by atoms with E-state index in [1.807, 2.05) is 72.2 Å². The maximum atomic E-state index is 13.0. The van der Waals surface area contributed by atoms with Gasteiger partial charge in [0.25, 0.3) is 10.0 Å². The van der Waals surface area contributed by atoms with Crippen LogP contribution in [0, 0.1) is 12.8 Å². The van der Waals surface area contributed by atoms with Gasteiger partial charge in [-0.2, -0.15) is 4.31 Å². The molecule has 0 aliphatic carbocycles. The first kappa shape index (κ1) is 21.8. The standard InChI is InChI=1S/C24H24N4O3S2/c1-17-7-12-23(32-17)33(30,31)28-14-4-5-19(15-28)24(29)25-20-10-8-18(9-11-20)21-16-27-13-3-2-6-22(27)26-21/h2-3,6-13,16,19H,4-5,14-15H2,1H3,(H,25,29). The normalized spacial score (nSPS) is 17.3. The minimum absolute atomic E-state index is 0.155. The second-order valence-corrected chi connectivity index (χ2v) is 11.7. The Morgan fingerprint density at radius 1 is 1.12 bits per heavy atom. The number of rotatable bonds is 5. The first-order chi connectivity index (χ1) is 15.9. The maximum Gasteiger partial charge on any atom is 0.252 e.